The van der Waals surface area contributed by atoms with Crippen LogP contribution in [0.5, 0.6) is 0 Å². The molecule has 1 aromatic heterocycles. The van der Waals surface area contributed by atoms with E-state index in [-0.39, 0.29) is 11.0 Å². The van der Waals surface area contributed by atoms with Gasteiger partial charge in [0.05, 0.1) is 6.10 Å². The van der Waals surface area contributed by atoms with Gasteiger partial charge in [0.15, 0.2) is 0 Å². The molecule has 19 heavy (non-hydrogen) atoms. The first kappa shape index (κ1) is 14.3. The van der Waals surface area contributed by atoms with E-state index >= 15 is 0 Å². The number of aryl methyl sites for hydroxylation is 1. The molecule has 0 aromatic carbocycles. The van der Waals surface area contributed by atoms with Gasteiger partial charge in [-0.25, -0.2) is 0 Å². The molecule has 0 bridgehead atoms. The Labute approximate surface area is 115 Å². The van der Waals surface area contributed by atoms with Gasteiger partial charge in [-0.3, -0.25) is 4.79 Å². The van der Waals surface area contributed by atoms with E-state index in [1.54, 1.807) is 6.07 Å². The first-order valence-electron chi connectivity index (χ1n) is 7.20. The number of ether oxygens (including phenoxy) is 1. The zero-order chi connectivity index (χ0) is 14.0. The third kappa shape index (κ3) is 3.47. The maximum atomic E-state index is 11.9. The van der Waals surface area contributed by atoms with Crippen molar-refractivity contribution in [3.8, 4) is 0 Å². The number of hydrogen-bond donors (Lipinski definition) is 0. The van der Waals surface area contributed by atoms with E-state index in [0.29, 0.717) is 12.0 Å². The minimum atomic E-state index is 0.0760. The first-order valence-corrected chi connectivity index (χ1v) is 7.20. The van der Waals surface area contributed by atoms with Crippen molar-refractivity contribution < 1.29 is 4.74 Å². The summed E-state index contributed by atoms with van der Waals surface area (Å²) < 4.78 is 7.54. The standard InChI is InChI=1S/C16H25NO2/c1-12-8-10-19-14(12)7-9-17-11-13(16(2,3)4)5-6-15(17)18/h5-6,11-12,14H,7-10H2,1-4H3. The number of pyridine rings is 1. The van der Waals surface area contributed by atoms with Crippen molar-refractivity contribution in [2.45, 2.75) is 58.6 Å². The molecule has 0 N–H and O–H groups in total. The maximum absolute atomic E-state index is 11.9. The van der Waals surface area contributed by atoms with E-state index in [1.807, 2.05) is 16.8 Å². The van der Waals surface area contributed by atoms with Crippen LogP contribution in [0.15, 0.2) is 23.1 Å². The predicted molar refractivity (Wildman–Crippen MR) is 77.5 cm³/mol. The molecule has 0 radical (unpaired) electrons. The van der Waals surface area contributed by atoms with Crippen molar-refractivity contribution in [3.05, 3.63) is 34.2 Å². The number of aromatic nitrogens is 1. The van der Waals surface area contributed by atoms with E-state index in [4.69, 9.17) is 4.74 Å². The van der Waals surface area contributed by atoms with Gasteiger partial charge in [0, 0.05) is 25.4 Å². The summed E-state index contributed by atoms with van der Waals surface area (Å²) >= 11 is 0. The fourth-order valence-corrected chi connectivity index (χ4v) is 2.54. The third-order valence-corrected chi connectivity index (χ3v) is 4.04. The molecule has 3 nitrogen and oxygen atoms in total. The summed E-state index contributed by atoms with van der Waals surface area (Å²) in [6.45, 7) is 10.3. The lowest BCUT2D eigenvalue weighted by atomic mass is 9.88. The summed E-state index contributed by atoms with van der Waals surface area (Å²) in [5, 5.41) is 0. The highest BCUT2D eigenvalue weighted by Gasteiger charge is 2.24. The van der Waals surface area contributed by atoms with Gasteiger partial charge < -0.3 is 9.30 Å². The Morgan fingerprint density at radius 1 is 1.37 bits per heavy atom. The zero-order valence-electron chi connectivity index (χ0n) is 12.5. The van der Waals surface area contributed by atoms with Crippen molar-refractivity contribution in [1.82, 2.24) is 4.57 Å². The predicted octanol–water partition coefficient (Wildman–Crippen LogP) is 2.96. The fourth-order valence-electron chi connectivity index (χ4n) is 2.54. The van der Waals surface area contributed by atoms with E-state index in [1.165, 1.54) is 5.56 Å². The van der Waals surface area contributed by atoms with Crippen LogP contribution in [0.25, 0.3) is 0 Å². The summed E-state index contributed by atoms with van der Waals surface area (Å²) in [4.78, 5) is 11.9. The number of hydrogen-bond acceptors (Lipinski definition) is 2. The second-order valence-corrected chi connectivity index (χ2v) is 6.66. The van der Waals surface area contributed by atoms with Crippen LogP contribution in [0.2, 0.25) is 0 Å². The highest BCUT2D eigenvalue weighted by atomic mass is 16.5. The summed E-state index contributed by atoms with van der Waals surface area (Å²) in [6.07, 6.45) is 4.38. The molecular weight excluding hydrogens is 238 g/mol. The molecular formula is C16H25NO2. The highest BCUT2D eigenvalue weighted by molar-refractivity contribution is 5.18. The van der Waals surface area contributed by atoms with Gasteiger partial charge in [-0.05, 0) is 29.7 Å². The van der Waals surface area contributed by atoms with E-state index in [2.05, 4.69) is 27.7 Å². The molecule has 2 atom stereocenters. The summed E-state index contributed by atoms with van der Waals surface area (Å²) in [5.74, 6) is 0.613. The molecule has 1 aliphatic rings. The molecule has 0 saturated carbocycles. The molecule has 0 spiro atoms. The average molecular weight is 263 g/mol. The van der Waals surface area contributed by atoms with Gasteiger partial charge in [-0.1, -0.05) is 33.8 Å². The Hall–Kier alpha value is -1.09. The molecule has 3 heteroatoms. The Balaban J connectivity index is 2.09. The molecule has 2 rings (SSSR count). The van der Waals surface area contributed by atoms with Crippen LogP contribution in [-0.2, 0) is 16.7 Å². The van der Waals surface area contributed by atoms with E-state index < -0.39 is 0 Å². The van der Waals surface area contributed by atoms with E-state index in [9.17, 15) is 4.79 Å². The Morgan fingerprint density at radius 2 is 2.11 bits per heavy atom. The van der Waals surface area contributed by atoms with Gasteiger partial charge in [-0.2, -0.15) is 0 Å². The number of nitrogens with zero attached hydrogens (tertiary/aromatic N) is 1. The average Bonchev–Trinajstić information content (AvgIpc) is 2.72. The minimum absolute atomic E-state index is 0.0760. The van der Waals surface area contributed by atoms with Gasteiger partial charge >= 0.3 is 0 Å². The van der Waals surface area contributed by atoms with Gasteiger partial charge in [0.25, 0.3) is 5.56 Å². The van der Waals surface area contributed by atoms with E-state index in [0.717, 1.165) is 26.0 Å². The van der Waals surface area contributed by atoms with Crippen LogP contribution < -0.4 is 5.56 Å². The summed E-state index contributed by atoms with van der Waals surface area (Å²) in [7, 11) is 0. The summed E-state index contributed by atoms with van der Waals surface area (Å²) in [6, 6.07) is 3.62. The molecule has 0 amide bonds. The van der Waals surface area contributed by atoms with Crippen LogP contribution in [0.3, 0.4) is 0 Å². The Morgan fingerprint density at radius 3 is 2.68 bits per heavy atom. The second-order valence-electron chi connectivity index (χ2n) is 6.66. The molecule has 2 unspecified atom stereocenters. The van der Waals surface area contributed by atoms with Gasteiger partial charge in [0.2, 0.25) is 0 Å². The minimum Gasteiger partial charge on any atom is -0.378 e. The first-order chi connectivity index (χ1) is 8.88. The zero-order valence-corrected chi connectivity index (χ0v) is 12.5. The lowest BCUT2D eigenvalue weighted by molar-refractivity contribution is 0.0830. The van der Waals surface area contributed by atoms with Crippen LogP contribution in [-0.4, -0.2) is 17.3 Å². The van der Waals surface area contributed by atoms with Crippen molar-refractivity contribution in [1.29, 1.82) is 0 Å². The van der Waals surface area contributed by atoms with Crippen molar-refractivity contribution >= 4 is 0 Å². The topological polar surface area (TPSA) is 31.2 Å². The molecule has 1 saturated heterocycles. The van der Waals surface area contributed by atoms with Gasteiger partial charge in [0.1, 0.15) is 0 Å². The van der Waals surface area contributed by atoms with Crippen molar-refractivity contribution in [2.24, 2.45) is 5.92 Å². The van der Waals surface area contributed by atoms with Crippen molar-refractivity contribution in [3.63, 3.8) is 0 Å². The van der Waals surface area contributed by atoms with Gasteiger partial charge in [-0.15, -0.1) is 0 Å². The fraction of sp³-hybridized carbons (Fsp3) is 0.688. The normalized spacial score (nSPS) is 23.8. The van der Waals surface area contributed by atoms with Crippen LogP contribution >= 0.6 is 0 Å². The molecule has 0 aliphatic carbocycles. The third-order valence-electron chi connectivity index (χ3n) is 4.04. The molecule has 1 aliphatic heterocycles. The molecule has 2 heterocycles. The maximum Gasteiger partial charge on any atom is 0.250 e. The monoisotopic (exact) mass is 263 g/mol. The van der Waals surface area contributed by atoms with Crippen LogP contribution in [0.1, 0.15) is 46.1 Å². The largest absolute Gasteiger partial charge is 0.378 e. The lowest BCUT2D eigenvalue weighted by Gasteiger charge is -2.21. The Kier molecular flexibility index (Phi) is 4.14. The highest BCUT2D eigenvalue weighted by Crippen LogP contribution is 2.24. The quantitative estimate of drug-likeness (QED) is 0.839. The second kappa shape index (κ2) is 5.49. The smallest absolute Gasteiger partial charge is 0.250 e. The molecule has 106 valence electrons. The number of rotatable bonds is 3. The molecule has 1 aromatic rings. The SMILES string of the molecule is CC1CCOC1CCn1cc(C(C)(C)C)ccc1=O. The van der Waals surface area contributed by atoms with Crippen LogP contribution in [0.4, 0.5) is 0 Å². The van der Waals surface area contributed by atoms with Crippen LogP contribution in [0, 0.1) is 5.92 Å². The summed E-state index contributed by atoms with van der Waals surface area (Å²) in [5.41, 5.74) is 1.36. The Bertz CT molecular complexity index is 484. The lowest BCUT2D eigenvalue weighted by Crippen LogP contribution is -2.25. The molecule has 1 fully saturated rings. The van der Waals surface area contributed by atoms with Crippen molar-refractivity contribution in [2.75, 3.05) is 6.61 Å².